The zero-order chi connectivity index (χ0) is 19.5. The molecule has 1 aliphatic heterocycles. The third-order valence-electron chi connectivity index (χ3n) is 7.50. The van der Waals surface area contributed by atoms with E-state index in [0.29, 0.717) is 30.7 Å². The van der Waals surface area contributed by atoms with Gasteiger partial charge in [0, 0.05) is 12.6 Å². The molecule has 5 aliphatic rings. The van der Waals surface area contributed by atoms with Gasteiger partial charge in [-0.1, -0.05) is 0 Å². The predicted octanol–water partition coefficient (Wildman–Crippen LogP) is 4.11. The number of carbonyl (C=O) groups excluding carboxylic acids is 2. The normalized spacial score (nSPS) is 36.0. The second-order valence-electron chi connectivity index (χ2n) is 9.47. The Morgan fingerprint density at radius 3 is 2.29 bits per heavy atom. The van der Waals surface area contributed by atoms with Gasteiger partial charge in [-0.25, -0.2) is 8.78 Å². The molecule has 28 heavy (non-hydrogen) atoms. The lowest BCUT2D eigenvalue weighted by Crippen LogP contribution is -2.56. The van der Waals surface area contributed by atoms with Crippen LogP contribution < -0.4 is 5.32 Å². The number of carbonyl (C=O) groups is 2. The molecule has 6 heteroatoms. The van der Waals surface area contributed by atoms with Crippen LogP contribution in [0.1, 0.15) is 51.4 Å². The number of hydrogen-bond acceptors (Lipinski definition) is 2. The van der Waals surface area contributed by atoms with E-state index in [1.165, 1.54) is 25.3 Å². The van der Waals surface area contributed by atoms with Crippen LogP contribution >= 0.6 is 0 Å². The fraction of sp³-hybridized carbons (Fsp3) is 0.636. The van der Waals surface area contributed by atoms with Crippen LogP contribution in [-0.2, 0) is 9.59 Å². The fourth-order valence-corrected chi connectivity index (χ4v) is 6.77. The molecule has 6 rings (SSSR count). The zero-order valence-electron chi connectivity index (χ0n) is 15.9. The summed E-state index contributed by atoms with van der Waals surface area (Å²) in [4.78, 5) is 28.2. The number of benzene rings is 1. The lowest BCUT2D eigenvalue weighted by atomic mass is 9.49. The van der Waals surface area contributed by atoms with Gasteiger partial charge in [-0.05, 0) is 81.3 Å². The maximum absolute atomic E-state index is 13.9. The number of likely N-dealkylation sites (tertiary alicyclic amines) is 1. The molecule has 4 bridgehead atoms. The van der Waals surface area contributed by atoms with E-state index in [9.17, 15) is 18.4 Å². The fourth-order valence-electron chi connectivity index (χ4n) is 6.77. The number of nitrogens with one attached hydrogen (secondary N) is 1. The van der Waals surface area contributed by atoms with Gasteiger partial charge < -0.3 is 10.2 Å². The van der Waals surface area contributed by atoms with E-state index in [-0.39, 0.29) is 22.9 Å². The molecule has 4 nitrogen and oxygen atoms in total. The van der Waals surface area contributed by atoms with Crippen molar-refractivity contribution in [2.45, 2.75) is 57.4 Å². The maximum Gasteiger partial charge on any atom is 0.247 e. The lowest BCUT2D eigenvalue weighted by molar-refractivity contribution is -0.160. The smallest absolute Gasteiger partial charge is 0.247 e. The van der Waals surface area contributed by atoms with Crippen molar-refractivity contribution in [2.75, 3.05) is 11.9 Å². The first-order valence-corrected chi connectivity index (χ1v) is 10.5. The quantitative estimate of drug-likeness (QED) is 0.847. The summed E-state index contributed by atoms with van der Waals surface area (Å²) in [5, 5.41) is 2.56. The van der Waals surface area contributed by atoms with Gasteiger partial charge in [-0.2, -0.15) is 0 Å². The first-order valence-electron chi connectivity index (χ1n) is 10.5. The molecule has 5 fully saturated rings. The van der Waals surface area contributed by atoms with Crippen molar-refractivity contribution in [1.82, 2.24) is 4.90 Å². The van der Waals surface area contributed by atoms with Crippen molar-refractivity contribution < 1.29 is 18.4 Å². The molecule has 0 aromatic heterocycles. The molecule has 1 saturated heterocycles. The molecular weight excluding hydrogens is 362 g/mol. The summed E-state index contributed by atoms with van der Waals surface area (Å²) >= 11 is 0. The summed E-state index contributed by atoms with van der Waals surface area (Å²) in [6.07, 6.45) is 8.06. The highest BCUT2D eigenvalue weighted by molar-refractivity contribution is 5.98. The van der Waals surface area contributed by atoms with Crippen molar-refractivity contribution in [2.24, 2.45) is 23.2 Å². The highest BCUT2D eigenvalue weighted by Gasteiger charge is 2.56. The number of halogens is 2. The van der Waals surface area contributed by atoms with Crippen LogP contribution in [0, 0.1) is 34.8 Å². The van der Waals surface area contributed by atoms with Crippen molar-refractivity contribution >= 4 is 17.5 Å². The van der Waals surface area contributed by atoms with Gasteiger partial charge in [0.25, 0.3) is 0 Å². The van der Waals surface area contributed by atoms with Gasteiger partial charge in [0.05, 0.1) is 11.1 Å². The molecule has 1 atom stereocenters. The molecule has 1 heterocycles. The van der Waals surface area contributed by atoms with Gasteiger partial charge in [-0.3, -0.25) is 9.59 Å². The highest BCUT2D eigenvalue weighted by Crippen LogP contribution is 2.60. The maximum atomic E-state index is 13.9. The Labute approximate surface area is 163 Å². The van der Waals surface area contributed by atoms with Crippen molar-refractivity contribution in [3.63, 3.8) is 0 Å². The molecule has 4 saturated carbocycles. The molecule has 0 spiro atoms. The summed E-state index contributed by atoms with van der Waals surface area (Å²) in [6.45, 7) is 0.588. The summed E-state index contributed by atoms with van der Waals surface area (Å²) in [5.74, 6) is 0.278. The largest absolute Gasteiger partial charge is 0.330 e. The zero-order valence-corrected chi connectivity index (χ0v) is 15.9. The summed E-state index contributed by atoms with van der Waals surface area (Å²) < 4.78 is 27.0. The van der Waals surface area contributed by atoms with Crippen molar-refractivity contribution in [3.05, 3.63) is 29.8 Å². The van der Waals surface area contributed by atoms with Crippen molar-refractivity contribution in [3.8, 4) is 0 Å². The Morgan fingerprint density at radius 1 is 1.04 bits per heavy atom. The number of nitrogens with zero attached hydrogens (tertiary/aromatic N) is 1. The van der Waals surface area contributed by atoms with Gasteiger partial charge >= 0.3 is 0 Å². The first-order chi connectivity index (χ1) is 13.4. The Bertz CT molecular complexity index is 789. The predicted molar refractivity (Wildman–Crippen MR) is 100 cm³/mol. The first kappa shape index (κ1) is 18.1. The van der Waals surface area contributed by atoms with E-state index in [2.05, 4.69) is 5.32 Å². The Balaban J connectivity index is 1.34. The monoisotopic (exact) mass is 388 g/mol. The van der Waals surface area contributed by atoms with Crippen LogP contribution in [-0.4, -0.2) is 29.3 Å². The second kappa shape index (κ2) is 6.53. The van der Waals surface area contributed by atoms with Crippen LogP contribution in [0.15, 0.2) is 18.2 Å². The van der Waals surface area contributed by atoms with Gasteiger partial charge in [0.15, 0.2) is 0 Å². The summed E-state index contributed by atoms with van der Waals surface area (Å²) in [6, 6.07) is 2.53. The molecule has 1 aromatic carbocycles. The van der Waals surface area contributed by atoms with Crippen LogP contribution in [0.4, 0.5) is 14.5 Å². The van der Waals surface area contributed by atoms with E-state index < -0.39 is 17.7 Å². The second-order valence-corrected chi connectivity index (χ2v) is 9.47. The molecule has 1 aromatic rings. The van der Waals surface area contributed by atoms with E-state index in [4.69, 9.17) is 0 Å². The van der Waals surface area contributed by atoms with E-state index in [1.54, 1.807) is 4.90 Å². The Kier molecular flexibility index (Phi) is 4.21. The molecule has 4 aliphatic carbocycles. The molecule has 150 valence electrons. The molecule has 0 unspecified atom stereocenters. The summed E-state index contributed by atoms with van der Waals surface area (Å²) in [7, 11) is 0. The minimum atomic E-state index is -0.801. The van der Waals surface area contributed by atoms with E-state index in [0.717, 1.165) is 37.8 Å². The minimum absolute atomic E-state index is 0.0412. The van der Waals surface area contributed by atoms with Crippen LogP contribution in [0.5, 0.6) is 0 Å². The topological polar surface area (TPSA) is 49.4 Å². The Hall–Kier alpha value is -1.98. The highest BCUT2D eigenvalue weighted by atomic mass is 19.1. The average molecular weight is 388 g/mol. The van der Waals surface area contributed by atoms with Gasteiger partial charge in [0.2, 0.25) is 11.8 Å². The molecular formula is C22H26F2N2O2. The third kappa shape index (κ3) is 2.92. The van der Waals surface area contributed by atoms with Crippen LogP contribution in [0.25, 0.3) is 0 Å². The third-order valence-corrected chi connectivity index (χ3v) is 7.50. The number of amides is 2. The minimum Gasteiger partial charge on any atom is -0.330 e. The number of anilines is 1. The van der Waals surface area contributed by atoms with Gasteiger partial charge in [0.1, 0.15) is 17.7 Å². The van der Waals surface area contributed by atoms with Gasteiger partial charge in [-0.15, -0.1) is 0 Å². The van der Waals surface area contributed by atoms with Crippen LogP contribution in [0.2, 0.25) is 0 Å². The average Bonchev–Trinajstić information content (AvgIpc) is 3.12. The molecule has 1 N–H and O–H groups in total. The number of rotatable bonds is 3. The van der Waals surface area contributed by atoms with Crippen LogP contribution in [0.3, 0.4) is 0 Å². The molecule has 0 radical (unpaired) electrons. The lowest BCUT2D eigenvalue weighted by Gasteiger charge is -2.56. The SMILES string of the molecule is O=C(Nc1ccc(F)cc1F)[C@@H]1CCCN1C(=O)C12CC3CC(CC(C3)C1)C2. The summed E-state index contributed by atoms with van der Waals surface area (Å²) in [5.41, 5.74) is -0.320. The van der Waals surface area contributed by atoms with E-state index >= 15 is 0 Å². The number of hydrogen-bond donors (Lipinski definition) is 1. The molecule has 2 amide bonds. The van der Waals surface area contributed by atoms with Crippen molar-refractivity contribution in [1.29, 1.82) is 0 Å². The Morgan fingerprint density at radius 2 is 1.68 bits per heavy atom. The van der Waals surface area contributed by atoms with E-state index in [1.807, 2.05) is 0 Å². The standard InChI is InChI=1S/C22H26F2N2O2/c23-16-3-4-18(17(24)9-16)25-20(27)19-2-1-5-26(19)21(28)22-10-13-6-14(11-22)8-15(7-13)12-22/h3-4,9,13-15,19H,1-2,5-8,10-12H2,(H,25,27)/t13?,14?,15?,19-,22?/m0/s1.